The molecule has 19 heavy (non-hydrogen) atoms. The first-order valence-corrected chi connectivity index (χ1v) is 7.28. The molecule has 0 radical (unpaired) electrons. The summed E-state index contributed by atoms with van der Waals surface area (Å²) in [4.78, 5) is 0. The van der Waals surface area contributed by atoms with Gasteiger partial charge in [-0.25, -0.2) is 0 Å². The van der Waals surface area contributed by atoms with Gasteiger partial charge in [0.15, 0.2) is 0 Å². The van der Waals surface area contributed by atoms with E-state index in [9.17, 15) is 0 Å². The zero-order valence-electron chi connectivity index (χ0n) is 11.5. The summed E-state index contributed by atoms with van der Waals surface area (Å²) in [5, 5.41) is 3.64. The van der Waals surface area contributed by atoms with Crippen LogP contribution in [0.25, 0.3) is 0 Å². The van der Waals surface area contributed by atoms with Crippen LogP contribution in [0.15, 0.2) is 48.5 Å². The highest BCUT2D eigenvalue weighted by Crippen LogP contribution is 2.28. The third kappa shape index (κ3) is 2.57. The Labute approximate surface area is 115 Å². The van der Waals surface area contributed by atoms with Crippen molar-refractivity contribution in [2.45, 2.75) is 32.2 Å². The van der Waals surface area contributed by atoms with Crippen LogP contribution in [0.4, 0.5) is 0 Å². The summed E-state index contributed by atoms with van der Waals surface area (Å²) in [6, 6.07) is 18.3. The molecular weight excluding hydrogens is 230 g/mol. The van der Waals surface area contributed by atoms with Gasteiger partial charge < -0.3 is 5.32 Å². The smallest absolute Gasteiger partial charge is 0.0579 e. The van der Waals surface area contributed by atoms with E-state index in [1.165, 1.54) is 35.1 Å². The van der Waals surface area contributed by atoms with Crippen LogP contribution in [-0.2, 0) is 12.8 Å². The second-order valence-electron chi connectivity index (χ2n) is 5.33. The average molecular weight is 251 g/mol. The molecule has 1 aliphatic heterocycles. The van der Waals surface area contributed by atoms with E-state index in [1.54, 1.807) is 0 Å². The molecule has 0 aliphatic carbocycles. The lowest BCUT2D eigenvalue weighted by atomic mass is 9.89. The summed E-state index contributed by atoms with van der Waals surface area (Å²) >= 11 is 0. The van der Waals surface area contributed by atoms with Crippen LogP contribution in [-0.4, -0.2) is 6.54 Å². The molecule has 1 atom stereocenters. The number of benzene rings is 2. The predicted molar refractivity (Wildman–Crippen MR) is 80.4 cm³/mol. The number of nitrogens with one attached hydrogen (secondary N) is 1. The minimum atomic E-state index is 0.362. The Morgan fingerprint density at radius 3 is 2.63 bits per heavy atom. The summed E-state index contributed by atoms with van der Waals surface area (Å²) in [6.07, 6.45) is 3.53. The molecule has 0 saturated carbocycles. The molecule has 98 valence electrons. The summed E-state index contributed by atoms with van der Waals surface area (Å²) in [7, 11) is 0. The highest BCUT2D eigenvalue weighted by Gasteiger charge is 2.20. The zero-order valence-corrected chi connectivity index (χ0v) is 11.5. The van der Waals surface area contributed by atoms with Crippen molar-refractivity contribution in [2.24, 2.45) is 0 Å². The van der Waals surface area contributed by atoms with E-state index in [0.717, 1.165) is 13.0 Å². The lowest BCUT2D eigenvalue weighted by molar-refractivity contribution is 0.568. The minimum absolute atomic E-state index is 0.362. The highest BCUT2D eigenvalue weighted by atomic mass is 14.9. The first-order valence-electron chi connectivity index (χ1n) is 7.28. The van der Waals surface area contributed by atoms with E-state index >= 15 is 0 Å². The number of fused-ring (bicyclic) bond motifs is 1. The SMILES string of the molecule is CCCc1ccc(C2NCCc3ccccc32)cc1. The van der Waals surface area contributed by atoms with Crippen molar-refractivity contribution in [1.82, 2.24) is 5.32 Å². The molecule has 1 nitrogen and oxygen atoms in total. The minimum Gasteiger partial charge on any atom is -0.306 e. The van der Waals surface area contributed by atoms with Crippen LogP contribution >= 0.6 is 0 Å². The predicted octanol–water partition coefficient (Wildman–Crippen LogP) is 3.87. The maximum atomic E-state index is 3.64. The van der Waals surface area contributed by atoms with Gasteiger partial charge in [0.05, 0.1) is 6.04 Å². The maximum Gasteiger partial charge on any atom is 0.0579 e. The Morgan fingerprint density at radius 2 is 1.84 bits per heavy atom. The lowest BCUT2D eigenvalue weighted by Gasteiger charge is -2.27. The molecule has 1 heteroatoms. The van der Waals surface area contributed by atoms with Gasteiger partial charge in [-0.05, 0) is 35.1 Å². The van der Waals surface area contributed by atoms with E-state index in [4.69, 9.17) is 0 Å². The van der Waals surface area contributed by atoms with Crippen LogP contribution in [0.3, 0.4) is 0 Å². The van der Waals surface area contributed by atoms with Gasteiger partial charge in [0, 0.05) is 6.54 Å². The molecule has 3 rings (SSSR count). The highest BCUT2D eigenvalue weighted by molar-refractivity contribution is 5.40. The van der Waals surface area contributed by atoms with E-state index < -0.39 is 0 Å². The van der Waals surface area contributed by atoms with Crippen molar-refractivity contribution in [3.05, 3.63) is 70.8 Å². The van der Waals surface area contributed by atoms with Crippen molar-refractivity contribution >= 4 is 0 Å². The molecule has 0 amide bonds. The molecule has 0 aromatic heterocycles. The fourth-order valence-corrected chi connectivity index (χ4v) is 2.97. The van der Waals surface area contributed by atoms with Gasteiger partial charge in [-0.1, -0.05) is 61.9 Å². The second-order valence-corrected chi connectivity index (χ2v) is 5.33. The Balaban J connectivity index is 1.90. The monoisotopic (exact) mass is 251 g/mol. The zero-order chi connectivity index (χ0) is 13.1. The van der Waals surface area contributed by atoms with Crippen LogP contribution in [0, 0.1) is 0 Å². The maximum absolute atomic E-state index is 3.64. The van der Waals surface area contributed by atoms with Gasteiger partial charge in [-0.15, -0.1) is 0 Å². The number of hydrogen-bond acceptors (Lipinski definition) is 1. The van der Waals surface area contributed by atoms with E-state index in [1.807, 2.05) is 0 Å². The van der Waals surface area contributed by atoms with Gasteiger partial charge in [-0.3, -0.25) is 0 Å². The molecule has 0 saturated heterocycles. The summed E-state index contributed by atoms with van der Waals surface area (Å²) < 4.78 is 0. The molecule has 2 aromatic carbocycles. The van der Waals surface area contributed by atoms with Crippen LogP contribution < -0.4 is 5.32 Å². The van der Waals surface area contributed by atoms with Crippen molar-refractivity contribution in [2.75, 3.05) is 6.54 Å². The van der Waals surface area contributed by atoms with Crippen LogP contribution in [0.1, 0.15) is 41.6 Å². The Kier molecular flexibility index (Phi) is 3.65. The van der Waals surface area contributed by atoms with Crippen molar-refractivity contribution < 1.29 is 0 Å². The summed E-state index contributed by atoms with van der Waals surface area (Å²) in [6.45, 7) is 3.30. The van der Waals surface area contributed by atoms with Crippen molar-refractivity contribution in [1.29, 1.82) is 0 Å². The normalized spacial score (nSPS) is 18.1. The van der Waals surface area contributed by atoms with Crippen molar-refractivity contribution in [3.63, 3.8) is 0 Å². The van der Waals surface area contributed by atoms with Crippen LogP contribution in [0.2, 0.25) is 0 Å². The van der Waals surface area contributed by atoms with Gasteiger partial charge in [0.1, 0.15) is 0 Å². The third-order valence-electron chi connectivity index (χ3n) is 3.96. The number of hydrogen-bond donors (Lipinski definition) is 1. The molecular formula is C18H21N. The quantitative estimate of drug-likeness (QED) is 0.873. The molecule has 1 unspecified atom stereocenters. The third-order valence-corrected chi connectivity index (χ3v) is 3.96. The Bertz CT molecular complexity index is 542. The fraction of sp³-hybridized carbons (Fsp3) is 0.333. The summed E-state index contributed by atoms with van der Waals surface area (Å²) in [5.41, 5.74) is 5.75. The van der Waals surface area contributed by atoms with Crippen molar-refractivity contribution in [3.8, 4) is 0 Å². The lowest BCUT2D eigenvalue weighted by Crippen LogP contribution is -2.30. The molecule has 0 spiro atoms. The molecule has 0 bridgehead atoms. The first-order chi connectivity index (χ1) is 9.38. The van der Waals surface area contributed by atoms with Gasteiger partial charge >= 0.3 is 0 Å². The van der Waals surface area contributed by atoms with Gasteiger partial charge in [0.2, 0.25) is 0 Å². The molecule has 2 aromatic rings. The average Bonchev–Trinajstić information content (AvgIpc) is 2.48. The largest absolute Gasteiger partial charge is 0.306 e. The van der Waals surface area contributed by atoms with Gasteiger partial charge in [0.25, 0.3) is 0 Å². The molecule has 1 N–H and O–H groups in total. The van der Waals surface area contributed by atoms with Crippen LogP contribution in [0.5, 0.6) is 0 Å². The number of aryl methyl sites for hydroxylation is 1. The molecule has 1 aliphatic rings. The first kappa shape index (κ1) is 12.4. The Morgan fingerprint density at radius 1 is 1.05 bits per heavy atom. The molecule has 0 fully saturated rings. The van der Waals surface area contributed by atoms with E-state index in [-0.39, 0.29) is 0 Å². The van der Waals surface area contributed by atoms with E-state index in [2.05, 4.69) is 60.8 Å². The van der Waals surface area contributed by atoms with Gasteiger partial charge in [-0.2, -0.15) is 0 Å². The topological polar surface area (TPSA) is 12.0 Å². The number of rotatable bonds is 3. The molecule has 1 heterocycles. The fourth-order valence-electron chi connectivity index (χ4n) is 2.97. The standard InChI is InChI=1S/C18H21N/c1-2-5-14-8-10-16(11-9-14)18-17-7-4-3-6-15(17)12-13-19-18/h3-4,6-11,18-19H,2,5,12-13H2,1H3. The van der Waals surface area contributed by atoms with E-state index in [0.29, 0.717) is 6.04 Å². The second kappa shape index (κ2) is 5.58. The summed E-state index contributed by atoms with van der Waals surface area (Å²) in [5.74, 6) is 0. The Hall–Kier alpha value is -1.60.